The summed E-state index contributed by atoms with van der Waals surface area (Å²) in [6.45, 7) is 3.96. The molecule has 0 saturated heterocycles. The van der Waals surface area contributed by atoms with Crippen molar-refractivity contribution in [2.75, 3.05) is 11.9 Å². The van der Waals surface area contributed by atoms with Crippen LogP contribution in [-0.2, 0) is 20.7 Å². The maximum atomic E-state index is 12.0. The van der Waals surface area contributed by atoms with Gasteiger partial charge < -0.3 is 10.1 Å². The van der Waals surface area contributed by atoms with Crippen LogP contribution in [0.1, 0.15) is 36.6 Å². The van der Waals surface area contributed by atoms with Gasteiger partial charge in [-0.3, -0.25) is 9.59 Å². The molecule has 4 nitrogen and oxygen atoms in total. The number of rotatable bonds is 7. The number of para-hydroxylation sites is 1. The minimum absolute atomic E-state index is 0.203. The molecule has 0 aliphatic carbocycles. The van der Waals surface area contributed by atoms with Gasteiger partial charge in [-0.1, -0.05) is 38.1 Å². The number of ether oxygens (including phenoxy) is 1. The Kier molecular flexibility index (Phi) is 6.35. The predicted octanol–water partition coefficient (Wildman–Crippen LogP) is 3.99. The van der Waals surface area contributed by atoms with Gasteiger partial charge in [0.25, 0.3) is 5.91 Å². The molecule has 1 unspecified atom stereocenters. The number of benzene rings is 1. The van der Waals surface area contributed by atoms with Gasteiger partial charge >= 0.3 is 5.97 Å². The van der Waals surface area contributed by atoms with Crippen LogP contribution < -0.4 is 5.32 Å². The van der Waals surface area contributed by atoms with Crippen molar-refractivity contribution in [3.05, 3.63) is 52.2 Å². The molecule has 1 atom stereocenters. The molecule has 0 aliphatic rings. The van der Waals surface area contributed by atoms with Gasteiger partial charge in [0.15, 0.2) is 6.61 Å². The van der Waals surface area contributed by atoms with Crippen LogP contribution in [0.15, 0.2) is 41.8 Å². The number of carbonyl (C=O) groups excluding carboxylic acids is 2. The number of esters is 1. The van der Waals surface area contributed by atoms with E-state index in [1.165, 1.54) is 11.3 Å². The monoisotopic (exact) mass is 331 g/mol. The van der Waals surface area contributed by atoms with Crippen LogP contribution in [0, 0.1) is 0 Å². The summed E-state index contributed by atoms with van der Waals surface area (Å²) in [6, 6.07) is 11.5. The zero-order valence-electron chi connectivity index (χ0n) is 13.4. The first-order chi connectivity index (χ1) is 11.1. The summed E-state index contributed by atoms with van der Waals surface area (Å²) in [6.07, 6.45) is 1.19. The van der Waals surface area contributed by atoms with Crippen LogP contribution in [-0.4, -0.2) is 18.5 Å². The SMILES string of the molecule is CCC(C)c1ccccc1NC(=O)COC(=O)Cc1cccs1. The fourth-order valence-corrected chi connectivity index (χ4v) is 2.89. The Morgan fingerprint density at radius 1 is 1.22 bits per heavy atom. The van der Waals surface area contributed by atoms with Gasteiger partial charge in [0.05, 0.1) is 6.42 Å². The quantitative estimate of drug-likeness (QED) is 0.781. The van der Waals surface area contributed by atoms with Gasteiger partial charge in [-0.05, 0) is 35.4 Å². The normalized spacial score (nSPS) is 11.7. The van der Waals surface area contributed by atoms with Crippen molar-refractivity contribution in [3.63, 3.8) is 0 Å². The van der Waals surface area contributed by atoms with E-state index in [1.54, 1.807) is 0 Å². The van der Waals surface area contributed by atoms with Gasteiger partial charge in [-0.25, -0.2) is 0 Å². The van der Waals surface area contributed by atoms with Gasteiger partial charge in [0.1, 0.15) is 0 Å². The van der Waals surface area contributed by atoms with Crippen molar-refractivity contribution < 1.29 is 14.3 Å². The summed E-state index contributed by atoms with van der Waals surface area (Å²) in [5.41, 5.74) is 1.87. The average molecular weight is 331 g/mol. The molecule has 0 aliphatic heterocycles. The molecule has 5 heteroatoms. The number of amides is 1. The predicted molar refractivity (Wildman–Crippen MR) is 92.8 cm³/mol. The van der Waals surface area contributed by atoms with Gasteiger partial charge in [0, 0.05) is 10.6 Å². The number of nitrogens with one attached hydrogen (secondary N) is 1. The Morgan fingerprint density at radius 3 is 2.70 bits per heavy atom. The summed E-state index contributed by atoms with van der Waals surface area (Å²) in [4.78, 5) is 24.6. The molecule has 0 spiro atoms. The smallest absolute Gasteiger partial charge is 0.311 e. The van der Waals surface area contributed by atoms with E-state index in [-0.39, 0.29) is 18.9 Å². The van der Waals surface area contributed by atoms with Crippen molar-refractivity contribution in [3.8, 4) is 0 Å². The molecule has 23 heavy (non-hydrogen) atoms. The molecular weight excluding hydrogens is 310 g/mol. The Bertz CT molecular complexity index is 652. The van der Waals surface area contributed by atoms with E-state index >= 15 is 0 Å². The Labute approximate surface area is 140 Å². The molecule has 2 rings (SSSR count). The lowest BCUT2D eigenvalue weighted by Crippen LogP contribution is -2.22. The van der Waals surface area contributed by atoms with Crippen molar-refractivity contribution in [1.29, 1.82) is 0 Å². The molecule has 1 N–H and O–H groups in total. The number of hydrogen-bond donors (Lipinski definition) is 1. The van der Waals surface area contributed by atoms with Crippen LogP contribution in [0.4, 0.5) is 5.69 Å². The van der Waals surface area contributed by atoms with Crippen molar-refractivity contribution in [1.82, 2.24) is 0 Å². The zero-order valence-corrected chi connectivity index (χ0v) is 14.2. The maximum Gasteiger partial charge on any atom is 0.311 e. The summed E-state index contributed by atoms with van der Waals surface area (Å²) in [7, 11) is 0. The standard InChI is InChI=1S/C18H21NO3S/c1-3-13(2)15-8-4-5-9-16(15)19-17(20)12-22-18(21)11-14-7-6-10-23-14/h4-10,13H,3,11-12H2,1-2H3,(H,19,20). The molecule has 0 bridgehead atoms. The zero-order chi connectivity index (χ0) is 16.7. The average Bonchev–Trinajstić information content (AvgIpc) is 3.05. The Hall–Kier alpha value is -2.14. The molecule has 2 aromatic rings. The van der Waals surface area contributed by atoms with Crippen LogP contribution in [0.5, 0.6) is 0 Å². The van der Waals surface area contributed by atoms with E-state index in [2.05, 4.69) is 19.2 Å². The van der Waals surface area contributed by atoms with Gasteiger partial charge in [-0.15, -0.1) is 11.3 Å². The van der Waals surface area contributed by atoms with Crippen LogP contribution in [0.25, 0.3) is 0 Å². The third-order valence-electron chi connectivity index (χ3n) is 3.64. The molecule has 0 fully saturated rings. The van der Waals surface area contributed by atoms with Crippen molar-refractivity contribution >= 4 is 28.9 Å². The first-order valence-corrected chi connectivity index (χ1v) is 8.55. The summed E-state index contributed by atoms with van der Waals surface area (Å²) in [5, 5.41) is 4.73. The molecule has 122 valence electrons. The van der Waals surface area contributed by atoms with Gasteiger partial charge in [-0.2, -0.15) is 0 Å². The molecule has 1 aromatic heterocycles. The highest BCUT2D eigenvalue weighted by molar-refractivity contribution is 7.10. The Balaban J connectivity index is 1.86. The van der Waals surface area contributed by atoms with Crippen LogP contribution in [0.3, 0.4) is 0 Å². The number of carbonyl (C=O) groups is 2. The lowest BCUT2D eigenvalue weighted by atomic mass is 9.97. The molecule has 0 radical (unpaired) electrons. The topological polar surface area (TPSA) is 55.4 Å². The fraction of sp³-hybridized carbons (Fsp3) is 0.333. The third-order valence-corrected chi connectivity index (χ3v) is 4.52. The number of thiophene rings is 1. The lowest BCUT2D eigenvalue weighted by molar-refractivity contribution is -0.146. The lowest BCUT2D eigenvalue weighted by Gasteiger charge is -2.15. The largest absolute Gasteiger partial charge is 0.455 e. The highest BCUT2D eigenvalue weighted by Crippen LogP contribution is 2.26. The van der Waals surface area contributed by atoms with Crippen molar-refractivity contribution in [2.45, 2.75) is 32.6 Å². The second-order valence-corrected chi connectivity index (χ2v) is 6.39. The molecule has 1 aromatic carbocycles. The summed E-state index contributed by atoms with van der Waals surface area (Å²) in [5.74, 6) is -0.356. The summed E-state index contributed by atoms with van der Waals surface area (Å²) >= 11 is 1.49. The van der Waals surface area contributed by atoms with E-state index in [9.17, 15) is 9.59 Å². The fourth-order valence-electron chi connectivity index (χ4n) is 2.20. The second kappa shape index (κ2) is 8.48. The number of anilines is 1. The number of hydrogen-bond acceptors (Lipinski definition) is 4. The highest BCUT2D eigenvalue weighted by atomic mass is 32.1. The maximum absolute atomic E-state index is 12.0. The van der Waals surface area contributed by atoms with Crippen LogP contribution in [0.2, 0.25) is 0 Å². The highest BCUT2D eigenvalue weighted by Gasteiger charge is 2.13. The first-order valence-electron chi connectivity index (χ1n) is 7.67. The Morgan fingerprint density at radius 2 is 2.00 bits per heavy atom. The van der Waals surface area contributed by atoms with E-state index in [0.717, 1.165) is 22.5 Å². The minimum Gasteiger partial charge on any atom is -0.455 e. The van der Waals surface area contributed by atoms with E-state index in [4.69, 9.17) is 4.74 Å². The summed E-state index contributed by atoms with van der Waals surface area (Å²) < 4.78 is 5.03. The van der Waals surface area contributed by atoms with E-state index < -0.39 is 5.97 Å². The van der Waals surface area contributed by atoms with Crippen molar-refractivity contribution in [2.24, 2.45) is 0 Å². The molecule has 1 amide bonds. The minimum atomic E-state index is -0.391. The molecule has 1 heterocycles. The molecule has 0 saturated carbocycles. The van der Waals surface area contributed by atoms with E-state index in [1.807, 2.05) is 41.8 Å². The second-order valence-electron chi connectivity index (χ2n) is 5.36. The molecular formula is C18H21NO3S. The van der Waals surface area contributed by atoms with E-state index in [0.29, 0.717) is 5.92 Å². The third kappa shape index (κ3) is 5.21. The first kappa shape index (κ1) is 17.2. The van der Waals surface area contributed by atoms with Crippen LogP contribution >= 0.6 is 11.3 Å². The van der Waals surface area contributed by atoms with Gasteiger partial charge in [0.2, 0.25) is 0 Å².